The van der Waals surface area contributed by atoms with Crippen LogP contribution in [0.1, 0.15) is 45.8 Å². The Morgan fingerprint density at radius 2 is 2.00 bits per heavy atom. The van der Waals surface area contributed by atoms with Gasteiger partial charge in [0.1, 0.15) is 5.76 Å². The van der Waals surface area contributed by atoms with Crippen molar-refractivity contribution in [2.24, 2.45) is 17.3 Å². The molecule has 0 bridgehead atoms. The molecule has 112 valence electrons. The molecule has 0 aliphatic heterocycles. The van der Waals surface area contributed by atoms with Gasteiger partial charge in [0, 0.05) is 17.4 Å². The number of Topliss-reactive ketones (excluding diaryl/α,β-unsaturated/α-hetero) is 1. The summed E-state index contributed by atoms with van der Waals surface area (Å²) in [6.45, 7) is 5.34. The number of ether oxygens (including phenoxy) is 1. The van der Waals surface area contributed by atoms with E-state index in [1.807, 2.05) is 6.07 Å². The zero-order chi connectivity index (χ0) is 15.2. The summed E-state index contributed by atoms with van der Waals surface area (Å²) in [4.78, 5) is 24.7. The van der Waals surface area contributed by atoms with E-state index in [2.05, 4.69) is 0 Å². The van der Waals surface area contributed by atoms with Crippen LogP contribution in [0.5, 0.6) is 0 Å². The van der Waals surface area contributed by atoms with Crippen molar-refractivity contribution in [2.75, 3.05) is 0 Å². The van der Waals surface area contributed by atoms with Gasteiger partial charge in [-0.2, -0.15) is 0 Å². The van der Waals surface area contributed by atoms with Crippen molar-refractivity contribution in [2.45, 2.75) is 40.0 Å². The Morgan fingerprint density at radius 3 is 2.62 bits per heavy atom. The number of hydrogen-bond acceptors (Lipinski definition) is 4. The molecule has 2 atom stereocenters. The Labute approximate surface area is 124 Å². The predicted molar refractivity (Wildman–Crippen MR) is 77.0 cm³/mol. The summed E-state index contributed by atoms with van der Waals surface area (Å²) in [6.07, 6.45) is 4.43. The minimum absolute atomic E-state index is 0.0403. The molecule has 1 aromatic rings. The number of furan rings is 1. The van der Waals surface area contributed by atoms with E-state index in [-0.39, 0.29) is 29.3 Å². The first-order chi connectivity index (χ1) is 9.89. The van der Waals surface area contributed by atoms with Crippen molar-refractivity contribution in [1.29, 1.82) is 0 Å². The van der Waals surface area contributed by atoms with Gasteiger partial charge in [-0.15, -0.1) is 0 Å². The fourth-order valence-electron chi connectivity index (χ4n) is 3.17. The van der Waals surface area contributed by atoms with Crippen LogP contribution in [0.15, 0.2) is 28.6 Å². The summed E-state index contributed by atoms with van der Waals surface area (Å²) < 4.78 is 11.0. The van der Waals surface area contributed by atoms with Gasteiger partial charge in [-0.25, -0.2) is 0 Å². The second-order valence-corrected chi connectivity index (χ2v) is 6.87. The van der Waals surface area contributed by atoms with E-state index >= 15 is 0 Å². The number of rotatable bonds is 2. The number of fused-ring (bicyclic) bond motifs is 1. The lowest BCUT2D eigenvalue weighted by atomic mass is 9.93. The zero-order valence-electron chi connectivity index (χ0n) is 12.6. The van der Waals surface area contributed by atoms with Gasteiger partial charge in [0.15, 0.2) is 5.76 Å². The maximum Gasteiger partial charge on any atom is 0.316 e. The van der Waals surface area contributed by atoms with Gasteiger partial charge in [-0.3, -0.25) is 9.59 Å². The van der Waals surface area contributed by atoms with Crippen LogP contribution in [0.4, 0.5) is 0 Å². The Kier molecular flexibility index (Phi) is 3.27. The highest BCUT2D eigenvalue weighted by atomic mass is 16.5. The number of ketones is 1. The minimum atomic E-state index is -0.640. The summed E-state index contributed by atoms with van der Waals surface area (Å²) in [6, 6.07) is 3.62. The van der Waals surface area contributed by atoms with Crippen LogP contribution in [-0.2, 0) is 14.3 Å². The van der Waals surface area contributed by atoms with Crippen LogP contribution >= 0.6 is 0 Å². The molecule has 0 spiro atoms. The number of hydrogen-bond donors (Lipinski definition) is 0. The average Bonchev–Trinajstić information content (AvgIpc) is 3.09. The zero-order valence-corrected chi connectivity index (χ0v) is 12.6. The van der Waals surface area contributed by atoms with Crippen LogP contribution in [0.25, 0.3) is 5.57 Å². The van der Waals surface area contributed by atoms with Gasteiger partial charge in [-0.1, -0.05) is 6.42 Å². The van der Waals surface area contributed by atoms with Crippen LogP contribution in [-0.4, -0.2) is 11.8 Å². The first kappa shape index (κ1) is 14.1. The lowest BCUT2D eigenvalue weighted by molar-refractivity contribution is -0.150. The minimum Gasteiger partial charge on any atom is -0.465 e. The molecule has 1 heterocycles. The molecular formula is C17H20O4. The van der Waals surface area contributed by atoms with E-state index in [1.54, 1.807) is 33.1 Å². The van der Waals surface area contributed by atoms with Crippen LogP contribution in [0, 0.1) is 17.3 Å². The van der Waals surface area contributed by atoms with Gasteiger partial charge in [0.2, 0.25) is 5.78 Å². The maximum atomic E-state index is 12.6. The van der Waals surface area contributed by atoms with Crippen LogP contribution in [0.3, 0.4) is 0 Å². The first-order valence-corrected chi connectivity index (χ1v) is 7.44. The Morgan fingerprint density at radius 1 is 1.29 bits per heavy atom. The molecular weight excluding hydrogens is 268 g/mol. The number of carbonyl (C=O) groups excluding carboxylic acids is 2. The lowest BCUT2D eigenvalue weighted by Crippen LogP contribution is -2.25. The summed E-state index contributed by atoms with van der Waals surface area (Å²) in [7, 11) is 0. The number of esters is 1. The molecule has 3 rings (SSSR count). The van der Waals surface area contributed by atoms with Crippen molar-refractivity contribution in [3.05, 3.63) is 29.9 Å². The third kappa shape index (κ3) is 2.33. The molecule has 2 aliphatic carbocycles. The topological polar surface area (TPSA) is 56.5 Å². The van der Waals surface area contributed by atoms with Crippen molar-refractivity contribution in [1.82, 2.24) is 0 Å². The molecule has 0 radical (unpaired) electrons. The molecule has 0 saturated heterocycles. The molecule has 0 aromatic carbocycles. The second kappa shape index (κ2) is 4.86. The van der Waals surface area contributed by atoms with E-state index in [9.17, 15) is 9.59 Å². The summed E-state index contributed by atoms with van der Waals surface area (Å²) >= 11 is 0. The maximum absolute atomic E-state index is 12.6. The molecule has 0 unspecified atom stereocenters. The van der Waals surface area contributed by atoms with Gasteiger partial charge in [0.05, 0.1) is 11.7 Å². The molecule has 1 saturated carbocycles. The van der Waals surface area contributed by atoms with Crippen LogP contribution in [0.2, 0.25) is 0 Å². The Balaban J connectivity index is 2.01. The van der Waals surface area contributed by atoms with E-state index in [1.165, 1.54) is 0 Å². The Hall–Kier alpha value is -1.84. The summed E-state index contributed by atoms with van der Waals surface area (Å²) in [5.74, 6) is 0.518. The molecule has 2 aliphatic rings. The van der Waals surface area contributed by atoms with Crippen molar-refractivity contribution in [3.63, 3.8) is 0 Å². The third-order valence-electron chi connectivity index (χ3n) is 4.29. The fraction of sp³-hybridized carbons (Fsp3) is 0.529. The monoisotopic (exact) mass is 288 g/mol. The van der Waals surface area contributed by atoms with E-state index < -0.39 is 5.41 Å². The molecule has 1 aromatic heterocycles. The highest BCUT2D eigenvalue weighted by molar-refractivity contribution is 6.09. The molecule has 1 fully saturated rings. The number of allylic oxidation sites excluding steroid dienone is 2. The van der Waals surface area contributed by atoms with Crippen molar-refractivity contribution < 1.29 is 18.7 Å². The molecule has 0 N–H and O–H groups in total. The smallest absolute Gasteiger partial charge is 0.316 e. The molecule has 0 amide bonds. The van der Waals surface area contributed by atoms with E-state index in [0.717, 1.165) is 24.8 Å². The predicted octanol–water partition coefficient (Wildman–Crippen LogP) is 3.58. The lowest BCUT2D eigenvalue weighted by Gasteiger charge is -2.17. The fourth-order valence-corrected chi connectivity index (χ4v) is 3.17. The van der Waals surface area contributed by atoms with Crippen LogP contribution < -0.4 is 0 Å². The van der Waals surface area contributed by atoms with Gasteiger partial charge in [0.25, 0.3) is 0 Å². The highest BCUT2D eigenvalue weighted by Gasteiger charge is 2.48. The number of carbonyl (C=O) groups is 2. The molecule has 21 heavy (non-hydrogen) atoms. The van der Waals surface area contributed by atoms with Gasteiger partial charge < -0.3 is 9.15 Å². The molecule has 4 nitrogen and oxygen atoms in total. The normalized spacial score (nSPS) is 25.4. The van der Waals surface area contributed by atoms with Crippen molar-refractivity contribution >= 4 is 17.3 Å². The van der Waals surface area contributed by atoms with E-state index in [4.69, 9.17) is 9.15 Å². The SMILES string of the molecule is CC(C)(C)C(=O)OC1=C(c2ccco2)[C@H]2CCC[C@H]2C1=O. The molecule has 4 heteroatoms. The summed E-state index contributed by atoms with van der Waals surface area (Å²) in [5, 5.41) is 0. The average molecular weight is 288 g/mol. The van der Waals surface area contributed by atoms with Gasteiger partial charge in [-0.05, 0) is 45.7 Å². The third-order valence-corrected chi connectivity index (χ3v) is 4.29. The van der Waals surface area contributed by atoms with Gasteiger partial charge >= 0.3 is 5.97 Å². The van der Waals surface area contributed by atoms with E-state index in [0.29, 0.717) is 5.76 Å². The quantitative estimate of drug-likeness (QED) is 0.780. The summed E-state index contributed by atoms with van der Waals surface area (Å²) in [5.41, 5.74) is 0.143. The standard InChI is InChI=1S/C17H20O4/c1-17(2,3)16(19)21-15-13(12-8-5-9-20-12)10-6-4-7-11(10)14(15)18/h5,8-11H,4,6-7H2,1-3H3/t10-,11+/m0/s1. The first-order valence-electron chi connectivity index (χ1n) is 7.44. The second-order valence-electron chi connectivity index (χ2n) is 6.87. The highest BCUT2D eigenvalue weighted by Crippen LogP contribution is 2.50. The largest absolute Gasteiger partial charge is 0.465 e. The van der Waals surface area contributed by atoms with Crippen molar-refractivity contribution in [3.8, 4) is 0 Å². The Bertz CT molecular complexity index is 601.